The fraction of sp³-hybridized carbons (Fsp3) is 0.250. The van der Waals surface area contributed by atoms with Gasteiger partial charge in [0.15, 0.2) is 5.65 Å². The van der Waals surface area contributed by atoms with Crippen LogP contribution in [0, 0.1) is 0 Å². The molecular formula is C20H19N5O2. The molecule has 0 radical (unpaired) electrons. The minimum atomic E-state index is -0.0944. The lowest BCUT2D eigenvalue weighted by Crippen LogP contribution is -2.40. The Hall–Kier alpha value is -3.35. The van der Waals surface area contributed by atoms with Crippen molar-refractivity contribution >= 4 is 27.9 Å². The van der Waals surface area contributed by atoms with Crippen molar-refractivity contribution < 1.29 is 4.74 Å². The van der Waals surface area contributed by atoms with Gasteiger partial charge in [-0.15, -0.1) is 0 Å². The zero-order valence-electron chi connectivity index (χ0n) is 14.8. The number of methoxy groups -OCH3 is 1. The first-order valence-electron chi connectivity index (χ1n) is 8.98. The molecule has 0 amide bonds. The van der Waals surface area contributed by atoms with Crippen LogP contribution < -0.4 is 15.7 Å². The van der Waals surface area contributed by atoms with E-state index < -0.39 is 0 Å². The van der Waals surface area contributed by atoms with Gasteiger partial charge >= 0.3 is 5.69 Å². The lowest BCUT2D eigenvalue weighted by molar-refractivity contribution is 0.282. The SMILES string of the molecule is COc1ccc2ccc(N[C@H]3C[C@H](n4c(=O)[nH]c5cccnc54)C3)nc2c1. The lowest BCUT2D eigenvalue weighted by atomic mass is 9.86. The van der Waals surface area contributed by atoms with Crippen molar-refractivity contribution in [3.8, 4) is 5.75 Å². The number of fused-ring (bicyclic) bond motifs is 2. The molecule has 0 saturated heterocycles. The summed E-state index contributed by atoms with van der Waals surface area (Å²) in [7, 11) is 1.65. The fourth-order valence-corrected chi connectivity index (χ4v) is 3.73. The molecule has 0 atom stereocenters. The van der Waals surface area contributed by atoms with Crippen LogP contribution in [0.1, 0.15) is 18.9 Å². The second-order valence-electron chi connectivity index (χ2n) is 6.90. The molecule has 1 fully saturated rings. The number of nitrogens with one attached hydrogen (secondary N) is 2. The van der Waals surface area contributed by atoms with E-state index in [9.17, 15) is 4.79 Å². The third-order valence-corrected chi connectivity index (χ3v) is 5.20. The van der Waals surface area contributed by atoms with E-state index in [0.29, 0.717) is 0 Å². The number of H-pyrrole nitrogens is 1. The monoisotopic (exact) mass is 361 g/mol. The normalized spacial score (nSPS) is 19.1. The van der Waals surface area contributed by atoms with E-state index in [1.807, 2.05) is 42.5 Å². The van der Waals surface area contributed by atoms with Crippen molar-refractivity contribution in [2.45, 2.75) is 24.9 Å². The smallest absolute Gasteiger partial charge is 0.327 e. The second-order valence-corrected chi connectivity index (χ2v) is 6.90. The van der Waals surface area contributed by atoms with Crippen LogP contribution in [0.2, 0.25) is 0 Å². The van der Waals surface area contributed by atoms with Gasteiger partial charge in [-0.3, -0.25) is 4.57 Å². The van der Waals surface area contributed by atoms with E-state index in [1.54, 1.807) is 17.9 Å². The van der Waals surface area contributed by atoms with E-state index in [-0.39, 0.29) is 17.8 Å². The van der Waals surface area contributed by atoms with Crippen LogP contribution in [0.5, 0.6) is 5.75 Å². The molecule has 2 N–H and O–H groups in total. The summed E-state index contributed by atoms with van der Waals surface area (Å²) >= 11 is 0. The van der Waals surface area contributed by atoms with Crippen LogP contribution in [-0.2, 0) is 0 Å². The number of hydrogen-bond donors (Lipinski definition) is 2. The van der Waals surface area contributed by atoms with Gasteiger partial charge in [-0.1, -0.05) is 0 Å². The van der Waals surface area contributed by atoms with Crippen LogP contribution >= 0.6 is 0 Å². The number of benzene rings is 1. The molecular weight excluding hydrogens is 342 g/mol. The third-order valence-electron chi connectivity index (χ3n) is 5.20. The quantitative estimate of drug-likeness (QED) is 0.583. The van der Waals surface area contributed by atoms with Crippen LogP contribution in [-0.4, -0.2) is 32.7 Å². The Morgan fingerprint density at radius 3 is 2.93 bits per heavy atom. The highest BCUT2D eigenvalue weighted by atomic mass is 16.5. The molecule has 1 saturated carbocycles. The summed E-state index contributed by atoms with van der Waals surface area (Å²) in [6.45, 7) is 0. The van der Waals surface area contributed by atoms with E-state index in [1.165, 1.54) is 0 Å². The standard InChI is InChI=1S/C20H19N5O2/c1-27-15-6-4-12-5-7-18(23-17(12)11-15)22-13-9-14(10-13)25-19-16(24-20(25)26)3-2-8-21-19/h2-8,11,13-14H,9-10H2,1H3,(H,22,23)(H,24,26)/t13-,14-. The summed E-state index contributed by atoms with van der Waals surface area (Å²) in [5.74, 6) is 1.63. The van der Waals surface area contributed by atoms with Crippen molar-refractivity contribution in [3.63, 3.8) is 0 Å². The van der Waals surface area contributed by atoms with E-state index in [0.717, 1.165) is 46.5 Å². The molecule has 1 aliphatic rings. The Kier molecular flexibility index (Phi) is 3.60. The Balaban J connectivity index is 1.33. The van der Waals surface area contributed by atoms with Gasteiger partial charge in [-0.2, -0.15) is 0 Å². The predicted octanol–water partition coefficient (Wildman–Crippen LogP) is 3.10. The molecule has 7 nitrogen and oxygen atoms in total. The molecule has 0 unspecified atom stereocenters. The molecule has 3 aromatic heterocycles. The molecule has 0 spiro atoms. The van der Waals surface area contributed by atoms with Gasteiger partial charge in [0.2, 0.25) is 0 Å². The first-order valence-corrected chi connectivity index (χ1v) is 8.98. The molecule has 3 heterocycles. The van der Waals surface area contributed by atoms with E-state index >= 15 is 0 Å². The highest BCUT2D eigenvalue weighted by Crippen LogP contribution is 2.35. The first-order chi connectivity index (χ1) is 13.2. The molecule has 5 rings (SSSR count). The minimum absolute atomic E-state index is 0.0944. The highest BCUT2D eigenvalue weighted by molar-refractivity contribution is 5.81. The second kappa shape index (κ2) is 6.12. The van der Waals surface area contributed by atoms with E-state index in [2.05, 4.69) is 20.3 Å². The van der Waals surface area contributed by atoms with Crippen LogP contribution in [0.25, 0.3) is 22.1 Å². The number of ether oxygens (including phenoxy) is 1. The van der Waals surface area contributed by atoms with Gasteiger partial charge in [-0.05, 0) is 49.2 Å². The molecule has 1 aromatic carbocycles. The molecule has 1 aliphatic carbocycles. The Bertz CT molecular complexity index is 1190. The van der Waals surface area contributed by atoms with Crippen molar-refractivity contribution in [1.29, 1.82) is 0 Å². The number of hydrogen-bond acceptors (Lipinski definition) is 5. The summed E-state index contributed by atoms with van der Waals surface area (Å²) in [5, 5.41) is 4.54. The number of rotatable bonds is 4. The van der Waals surface area contributed by atoms with E-state index in [4.69, 9.17) is 4.74 Å². The van der Waals surface area contributed by atoms with Crippen LogP contribution in [0.3, 0.4) is 0 Å². The topological polar surface area (TPSA) is 84.8 Å². The van der Waals surface area contributed by atoms with Crippen molar-refractivity contribution in [1.82, 2.24) is 19.5 Å². The lowest BCUT2D eigenvalue weighted by Gasteiger charge is -2.36. The number of anilines is 1. The number of aromatic amines is 1. The first kappa shape index (κ1) is 15.9. The third kappa shape index (κ3) is 2.71. The van der Waals surface area contributed by atoms with Crippen molar-refractivity contribution in [2.24, 2.45) is 0 Å². The summed E-state index contributed by atoms with van der Waals surface area (Å²) in [6.07, 6.45) is 3.44. The minimum Gasteiger partial charge on any atom is -0.497 e. The van der Waals surface area contributed by atoms with Gasteiger partial charge in [-0.25, -0.2) is 14.8 Å². The van der Waals surface area contributed by atoms with Crippen molar-refractivity contribution in [3.05, 3.63) is 59.1 Å². The maximum absolute atomic E-state index is 12.3. The summed E-state index contributed by atoms with van der Waals surface area (Å²) < 4.78 is 7.05. The Morgan fingerprint density at radius 2 is 2.07 bits per heavy atom. The van der Waals surface area contributed by atoms with Gasteiger partial charge in [0, 0.05) is 29.7 Å². The molecule has 0 aliphatic heterocycles. The number of nitrogens with zero attached hydrogens (tertiary/aromatic N) is 3. The highest BCUT2D eigenvalue weighted by Gasteiger charge is 2.33. The molecule has 27 heavy (non-hydrogen) atoms. The molecule has 4 aromatic rings. The summed E-state index contributed by atoms with van der Waals surface area (Å²) in [6, 6.07) is 14.0. The van der Waals surface area contributed by atoms with Gasteiger partial charge in [0.05, 0.1) is 18.1 Å². The summed E-state index contributed by atoms with van der Waals surface area (Å²) in [5.41, 5.74) is 2.31. The maximum atomic E-state index is 12.3. The van der Waals surface area contributed by atoms with Crippen LogP contribution in [0.4, 0.5) is 5.82 Å². The van der Waals surface area contributed by atoms with Gasteiger partial charge in [0.1, 0.15) is 11.6 Å². The van der Waals surface area contributed by atoms with Crippen LogP contribution in [0.15, 0.2) is 53.5 Å². The average Bonchev–Trinajstić information content (AvgIpc) is 2.99. The summed E-state index contributed by atoms with van der Waals surface area (Å²) in [4.78, 5) is 24.2. The predicted molar refractivity (Wildman–Crippen MR) is 104 cm³/mol. The largest absolute Gasteiger partial charge is 0.497 e. The number of pyridine rings is 2. The Morgan fingerprint density at radius 1 is 1.22 bits per heavy atom. The molecule has 0 bridgehead atoms. The zero-order valence-corrected chi connectivity index (χ0v) is 14.8. The Labute approximate surface area is 155 Å². The van der Waals surface area contributed by atoms with Crippen molar-refractivity contribution in [2.75, 3.05) is 12.4 Å². The fourth-order valence-electron chi connectivity index (χ4n) is 3.73. The number of imidazole rings is 1. The van der Waals surface area contributed by atoms with Gasteiger partial charge < -0.3 is 15.0 Å². The molecule has 136 valence electrons. The van der Waals surface area contributed by atoms with Gasteiger partial charge in [0.25, 0.3) is 0 Å². The average molecular weight is 361 g/mol. The maximum Gasteiger partial charge on any atom is 0.327 e. The zero-order chi connectivity index (χ0) is 18.4. The number of aromatic nitrogens is 4. The molecule has 7 heteroatoms.